The van der Waals surface area contributed by atoms with Crippen LogP contribution in [0.5, 0.6) is 0 Å². The van der Waals surface area contributed by atoms with Gasteiger partial charge in [-0.25, -0.2) is 22.7 Å². The zero-order chi connectivity index (χ0) is 24.6. The summed E-state index contributed by atoms with van der Waals surface area (Å²) in [4.78, 5) is 23.2. The second-order valence-electron chi connectivity index (χ2n) is 7.89. The highest BCUT2D eigenvalue weighted by molar-refractivity contribution is 7.89. The number of benzene rings is 3. The van der Waals surface area contributed by atoms with Gasteiger partial charge < -0.3 is 10.2 Å². The van der Waals surface area contributed by atoms with Crippen LogP contribution in [-0.4, -0.2) is 24.5 Å². The second kappa shape index (κ2) is 8.84. The topological polar surface area (TPSA) is 148 Å². The van der Waals surface area contributed by atoms with E-state index >= 15 is 4.39 Å². The van der Waals surface area contributed by atoms with E-state index in [4.69, 9.17) is 10.2 Å². The molecule has 0 saturated carbocycles. The van der Waals surface area contributed by atoms with Crippen molar-refractivity contribution in [1.29, 1.82) is 0 Å². The Bertz CT molecular complexity index is 1560. The van der Waals surface area contributed by atoms with E-state index in [0.29, 0.717) is 10.9 Å². The van der Waals surface area contributed by atoms with Gasteiger partial charge in [0, 0.05) is 11.5 Å². The first-order valence-corrected chi connectivity index (χ1v) is 11.7. The van der Waals surface area contributed by atoms with Gasteiger partial charge in [-0.2, -0.15) is 4.72 Å². The van der Waals surface area contributed by atoms with E-state index in [-0.39, 0.29) is 21.9 Å². The third-order valence-electron chi connectivity index (χ3n) is 5.57. The van der Waals surface area contributed by atoms with E-state index in [2.05, 4.69) is 14.9 Å². The highest BCUT2D eigenvalue weighted by Crippen LogP contribution is 2.36. The minimum absolute atomic E-state index is 0.204. The predicted molar refractivity (Wildman–Crippen MR) is 122 cm³/mol. The van der Waals surface area contributed by atoms with Crippen LogP contribution in [0.3, 0.4) is 0 Å². The molecule has 4 rings (SSSR count). The molecule has 0 fully saturated rings. The molecule has 0 bridgehead atoms. The van der Waals surface area contributed by atoms with Gasteiger partial charge in [-0.05, 0) is 35.9 Å². The fourth-order valence-electron chi connectivity index (χ4n) is 3.94. The van der Waals surface area contributed by atoms with Gasteiger partial charge >= 0.3 is 5.76 Å². The molecule has 0 unspecified atom stereocenters. The first kappa shape index (κ1) is 23.3. The molecule has 4 aromatic rings. The number of nitrogens with two attached hydrogens (primary N) is 1. The van der Waals surface area contributed by atoms with Crippen molar-refractivity contribution in [2.75, 3.05) is 0 Å². The number of H-pyrrole nitrogens is 1. The lowest BCUT2D eigenvalue weighted by atomic mass is 9.89. The minimum Gasteiger partial charge on any atom is -0.391 e. The Hall–Kier alpha value is -3.83. The van der Waals surface area contributed by atoms with E-state index in [1.165, 1.54) is 24.3 Å². The third-order valence-corrected chi connectivity index (χ3v) is 7.06. The van der Waals surface area contributed by atoms with E-state index in [9.17, 15) is 18.0 Å². The summed E-state index contributed by atoms with van der Waals surface area (Å²) in [6.07, 6.45) is 0. The van der Waals surface area contributed by atoms with Crippen molar-refractivity contribution in [3.05, 3.63) is 93.5 Å². The normalized spacial score (nSPS) is 13.6. The molecule has 1 amide bonds. The number of sulfonamides is 1. The standard InChI is InChI=1S/C23H21FN4O5S/c1-12-7-10-18(16(11-12)21(25)29)34(31,32)28-20(22-26-27-23(30)33-22)13(2)19-15-6-4-3-5-14(15)8-9-17(19)24/h3-11,13,20,28H,1-2H3,(H2,25,29)(H,27,30)/t13-,20+/m1/s1. The summed E-state index contributed by atoms with van der Waals surface area (Å²) in [5.41, 5.74) is 6.03. The first-order chi connectivity index (χ1) is 16.1. The van der Waals surface area contributed by atoms with Crippen LogP contribution in [0.1, 0.15) is 46.3 Å². The summed E-state index contributed by atoms with van der Waals surface area (Å²) in [5, 5.41) is 7.17. The fourth-order valence-corrected chi connectivity index (χ4v) is 5.40. The molecule has 0 aliphatic carbocycles. The zero-order valence-corrected chi connectivity index (χ0v) is 19.0. The Balaban J connectivity index is 1.86. The molecule has 0 radical (unpaired) electrons. The fraction of sp³-hybridized carbons (Fsp3) is 0.174. The van der Waals surface area contributed by atoms with Crippen molar-refractivity contribution in [3.63, 3.8) is 0 Å². The molecule has 1 aromatic heterocycles. The van der Waals surface area contributed by atoms with Crippen LogP contribution >= 0.6 is 0 Å². The molecule has 4 N–H and O–H groups in total. The number of carbonyl (C=O) groups is 1. The maximum absolute atomic E-state index is 15.1. The number of primary amides is 1. The summed E-state index contributed by atoms with van der Waals surface area (Å²) >= 11 is 0. The molecule has 0 aliphatic rings. The number of nitrogens with one attached hydrogen (secondary N) is 2. The lowest BCUT2D eigenvalue weighted by Gasteiger charge is -2.24. The SMILES string of the molecule is Cc1ccc(S(=O)(=O)N[C@H](c2n[nH]c(=O)o2)[C@H](C)c2c(F)ccc3ccccc23)c(C(N)=O)c1. The summed E-state index contributed by atoms with van der Waals surface area (Å²) < 4.78 is 49.3. The Morgan fingerprint density at radius 1 is 1.18 bits per heavy atom. The van der Waals surface area contributed by atoms with Crippen LogP contribution in [0.2, 0.25) is 0 Å². The molecule has 11 heteroatoms. The Labute approximate surface area is 193 Å². The number of fused-ring (bicyclic) bond motifs is 1. The zero-order valence-electron chi connectivity index (χ0n) is 18.2. The number of halogens is 1. The van der Waals surface area contributed by atoms with Gasteiger partial charge in [0.15, 0.2) is 0 Å². The number of aryl methyl sites for hydroxylation is 1. The third kappa shape index (κ3) is 4.35. The summed E-state index contributed by atoms with van der Waals surface area (Å²) in [6.45, 7) is 3.26. The quantitative estimate of drug-likeness (QED) is 0.367. The van der Waals surface area contributed by atoms with Crippen molar-refractivity contribution >= 4 is 26.7 Å². The lowest BCUT2D eigenvalue weighted by molar-refractivity contribution is 0.0997. The maximum atomic E-state index is 15.1. The van der Waals surface area contributed by atoms with E-state index in [1.807, 2.05) is 0 Å². The van der Waals surface area contributed by atoms with Crippen LogP contribution in [0, 0.1) is 12.7 Å². The van der Waals surface area contributed by atoms with Gasteiger partial charge in [0.05, 0.1) is 10.5 Å². The van der Waals surface area contributed by atoms with Crippen LogP contribution in [0.4, 0.5) is 4.39 Å². The molecule has 2 atom stereocenters. The number of hydrogen-bond donors (Lipinski definition) is 3. The van der Waals surface area contributed by atoms with Crippen LogP contribution < -0.4 is 16.2 Å². The summed E-state index contributed by atoms with van der Waals surface area (Å²) in [5.74, 6) is -3.57. The second-order valence-corrected chi connectivity index (χ2v) is 9.57. The molecule has 34 heavy (non-hydrogen) atoms. The molecule has 3 aromatic carbocycles. The van der Waals surface area contributed by atoms with Crippen molar-refractivity contribution in [1.82, 2.24) is 14.9 Å². The number of aromatic amines is 1. The molecule has 0 aliphatic heterocycles. The monoisotopic (exact) mass is 484 g/mol. The number of aromatic nitrogens is 2. The molecular weight excluding hydrogens is 463 g/mol. The highest BCUT2D eigenvalue weighted by atomic mass is 32.2. The van der Waals surface area contributed by atoms with E-state index < -0.39 is 39.5 Å². The van der Waals surface area contributed by atoms with Crippen LogP contribution in [0.15, 0.2) is 68.7 Å². The van der Waals surface area contributed by atoms with Crippen molar-refractivity contribution in [2.24, 2.45) is 5.73 Å². The first-order valence-electron chi connectivity index (χ1n) is 10.2. The molecule has 0 saturated heterocycles. The van der Waals surface area contributed by atoms with Crippen molar-refractivity contribution < 1.29 is 22.0 Å². The summed E-state index contributed by atoms with van der Waals surface area (Å²) in [6, 6.07) is 12.7. The number of nitrogens with zero attached hydrogens (tertiary/aromatic N) is 1. The van der Waals surface area contributed by atoms with E-state index in [0.717, 1.165) is 5.39 Å². The predicted octanol–water partition coefficient (Wildman–Crippen LogP) is 2.89. The Morgan fingerprint density at radius 3 is 2.59 bits per heavy atom. The average Bonchev–Trinajstić information content (AvgIpc) is 3.22. The van der Waals surface area contributed by atoms with Gasteiger partial charge in [0.1, 0.15) is 11.9 Å². The van der Waals surface area contributed by atoms with Crippen LogP contribution in [0.25, 0.3) is 10.8 Å². The van der Waals surface area contributed by atoms with Gasteiger partial charge in [0.2, 0.25) is 21.8 Å². The molecule has 9 nitrogen and oxygen atoms in total. The molecule has 1 heterocycles. The Morgan fingerprint density at radius 2 is 1.91 bits per heavy atom. The number of carbonyl (C=O) groups excluding carboxylic acids is 1. The van der Waals surface area contributed by atoms with Crippen molar-refractivity contribution in [3.8, 4) is 0 Å². The smallest absolute Gasteiger partial charge is 0.391 e. The number of rotatable bonds is 7. The average molecular weight is 485 g/mol. The van der Waals surface area contributed by atoms with Gasteiger partial charge in [-0.1, -0.05) is 48.9 Å². The molecular formula is C23H21FN4O5S. The Kier molecular flexibility index (Phi) is 6.07. The van der Waals surface area contributed by atoms with Gasteiger partial charge in [-0.15, -0.1) is 5.10 Å². The number of hydrogen-bond acceptors (Lipinski definition) is 6. The minimum atomic E-state index is -4.40. The lowest BCUT2D eigenvalue weighted by Crippen LogP contribution is -2.34. The van der Waals surface area contributed by atoms with Gasteiger partial charge in [-0.3, -0.25) is 4.79 Å². The number of amides is 1. The molecule has 0 spiro atoms. The van der Waals surface area contributed by atoms with E-state index in [1.54, 1.807) is 44.2 Å². The van der Waals surface area contributed by atoms with Gasteiger partial charge in [0.25, 0.3) is 0 Å². The maximum Gasteiger partial charge on any atom is 0.434 e. The van der Waals surface area contributed by atoms with Crippen LogP contribution in [-0.2, 0) is 10.0 Å². The highest BCUT2D eigenvalue weighted by Gasteiger charge is 2.34. The molecule has 176 valence electrons. The largest absolute Gasteiger partial charge is 0.434 e. The van der Waals surface area contributed by atoms with Crippen molar-refractivity contribution in [2.45, 2.75) is 30.7 Å². The summed E-state index contributed by atoms with van der Waals surface area (Å²) in [7, 11) is -4.40.